The summed E-state index contributed by atoms with van der Waals surface area (Å²) in [6.07, 6.45) is 2.11. The normalized spacial score (nSPS) is 15.1. The van der Waals surface area contributed by atoms with E-state index in [1.807, 2.05) is 52.0 Å². The van der Waals surface area contributed by atoms with Gasteiger partial charge in [-0.1, -0.05) is 15.9 Å². The quantitative estimate of drug-likeness (QED) is 0.280. The Morgan fingerprint density at radius 3 is 2.58 bits per heavy atom. The van der Waals surface area contributed by atoms with Crippen molar-refractivity contribution in [1.82, 2.24) is 28.8 Å². The van der Waals surface area contributed by atoms with Crippen LogP contribution in [-0.4, -0.2) is 40.7 Å². The third-order valence-electron chi connectivity index (χ3n) is 7.63. The summed E-state index contributed by atoms with van der Waals surface area (Å²) < 4.78 is 21.0. The van der Waals surface area contributed by atoms with Gasteiger partial charge in [-0.2, -0.15) is 5.10 Å². The molecule has 0 spiro atoms. The Kier molecular flexibility index (Phi) is 6.25. The van der Waals surface area contributed by atoms with Gasteiger partial charge in [0, 0.05) is 52.0 Å². The fourth-order valence-corrected chi connectivity index (χ4v) is 5.81. The Labute approximate surface area is 238 Å². The first-order valence-corrected chi connectivity index (χ1v) is 13.8. The Morgan fingerprint density at radius 1 is 1.10 bits per heavy atom. The van der Waals surface area contributed by atoms with Crippen LogP contribution in [0.2, 0.25) is 0 Å². The zero-order valence-corrected chi connectivity index (χ0v) is 24.5. The molecule has 0 aliphatic carbocycles. The summed E-state index contributed by atoms with van der Waals surface area (Å²) in [5.41, 5.74) is 4.66. The van der Waals surface area contributed by atoms with Crippen LogP contribution in [0, 0.1) is 26.6 Å². The molecule has 0 saturated carbocycles. The summed E-state index contributed by atoms with van der Waals surface area (Å²) in [4.78, 5) is 34.5. The molecule has 40 heavy (non-hydrogen) atoms. The highest BCUT2D eigenvalue weighted by molar-refractivity contribution is 9.10. The average molecular weight is 603 g/mol. The molecule has 1 aliphatic heterocycles. The van der Waals surface area contributed by atoms with Crippen molar-refractivity contribution in [2.75, 3.05) is 0 Å². The summed E-state index contributed by atoms with van der Waals surface area (Å²) in [6, 6.07) is 12.2. The van der Waals surface area contributed by atoms with Gasteiger partial charge in [-0.25, -0.2) is 18.6 Å². The molecule has 0 bridgehead atoms. The highest BCUT2D eigenvalue weighted by Gasteiger charge is 2.32. The van der Waals surface area contributed by atoms with Crippen molar-refractivity contribution in [3.63, 3.8) is 0 Å². The minimum absolute atomic E-state index is 0.121. The number of halogens is 2. The summed E-state index contributed by atoms with van der Waals surface area (Å²) in [5, 5.41) is 5.27. The second-order valence-corrected chi connectivity index (χ2v) is 11.4. The number of nitrogens with zero attached hydrogens (tertiary/aromatic N) is 6. The van der Waals surface area contributed by atoms with Crippen LogP contribution in [0.25, 0.3) is 22.5 Å². The van der Waals surface area contributed by atoms with Crippen molar-refractivity contribution >= 4 is 32.7 Å². The molecule has 8 nitrogen and oxygen atoms in total. The van der Waals surface area contributed by atoms with E-state index in [0.717, 1.165) is 21.4 Å². The fourth-order valence-electron chi connectivity index (χ4n) is 5.57. The zero-order chi connectivity index (χ0) is 28.5. The third kappa shape index (κ3) is 4.18. The van der Waals surface area contributed by atoms with Crippen LogP contribution in [0.15, 0.2) is 57.9 Å². The van der Waals surface area contributed by atoms with Crippen molar-refractivity contribution in [2.24, 2.45) is 7.05 Å². The maximum absolute atomic E-state index is 15.3. The number of hydrogen-bond donors (Lipinski definition) is 0. The van der Waals surface area contributed by atoms with Crippen LogP contribution in [0.5, 0.6) is 0 Å². The molecule has 0 N–H and O–H groups in total. The van der Waals surface area contributed by atoms with Crippen LogP contribution in [-0.2, 0) is 20.0 Å². The van der Waals surface area contributed by atoms with E-state index in [2.05, 4.69) is 21.0 Å². The van der Waals surface area contributed by atoms with E-state index in [9.17, 15) is 9.59 Å². The molecule has 0 fully saturated rings. The second kappa shape index (κ2) is 9.55. The third-order valence-corrected chi connectivity index (χ3v) is 8.52. The molecular formula is C30H28BrFN6O2. The summed E-state index contributed by atoms with van der Waals surface area (Å²) >= 11 is 3.49. The lowest BCUT2D eigenvalue weighted by Crippen LogP contribution is -2.46. The largest absolute Gasteiger partial charge is 0.348 e. The molecule has 204 valence electrons. The number of hydrogen-bond acceptors (Lipinski definition) is 4. The van der Waals surface area contributed by atoms with Crippen LogP contribution in [0.1, 0.15) is 45.5 Å². The van der Waals surface area contributed by atoms with Gasteiger partial charge in [-0.3, -0.25) is 9.59 Å². The van der Waals surface area contributed by atoms with Crippen LogP contribution >= 0.6 is 15.9 Å². The first-order chi connectivity index (χ1) is 19.0. The number of aryl methyl sites for hydroxylation is 4. The summed E-state index contributed by atoms with van der Waals surface area (Å²) in [7, 11) is 1.78. The number of benzene rings is 2. The molecule has 1 amide bonds. The van der Waals surface area contributed by atoms with Crippen molar-refractivity contribution in [3.05, 3.63) is 103 Å². The lowest BCUT2D eigenvalue weighted by atomic mass is 9.98. The van der Waals surface area contributed by atoms with E-state index in [1.54, 1.807) is 39.5 Å². The number of aromatic nitrogens is 5. The Hall–Kier alpha value is -4.05. The predicted octanol–water partition coefficient (Wildman–Crippen LogP) is 5.32. The van der Waals surface area contributed by atoms with Gasteiger partial charge in [-0.15, -0.1) is 0 Å². The van der Waals surface area contributed by atoms with Gasteiger partial charge in [0.2, 0.25) is 5.95 Å². The number of rotatable bonds is 3. The minimum atomic E-state index is -0.432. The molecule has 6 rings (SSSR count). The van der Waals surface area contributed by atoms with Gasteiger partial charge in [0.25, 0.3) is 11.5 Å². The van der Waals surface area contributed by atoms with E-state index < -0.39 is 5.82 Å². The molecule has 10 heteroatoms. The topological polar surface area (TPSA) is 78.0 Å². The lowest BCUT2D eigenvalue weighted by molar-refractivity contribution is 0.0652. The Morgan fingerprint density at radius 2 is 1.88 bits per heavy atom. The molecule has 2 aromatic carbocycles. The second-order valence-electron chi connectivity index (χ2n) is 10.6. The highest BCUT2D eigenvalue weighted by Crippen LogP contribution is 2.28. The van der Waals surface area contributed by atoms with Gasteiger partial charge in [-0.05, 0) is 76.1 Å². The van der Waals surface area contributed by atoms with E-state index >= 15 is 4.39 Å². The predicted molar refractivity (Wildman–Crippen MR) is 155 cm³/mol. The van der Waals surface area contributed by atoms with Gasteiger partial charge in [0.15, 0.2) is 0 Å². The molecule has 3 aromatic heterocycles. The lowest BCUT2D eigenvalue weighted by Gasteiger charge is -2.34. The SMILES string of the molecule is Cc1cc(C)n(-c2nc3c(c(=O)n2-c2cc(F)c4c(ccn4C)c2)CC(C)N(C(=O)c2ccc(Br)c(C)c2)C3)n1. The molecule has 1 atom stereocenters. The zero-order valence-electron chi connectivity index (χ0n) is 22.9. The van der Waals surface area contributed by atoms with Crippen LogP contribution < -0.4 is 5.56 Å². The molecule has 1 unspecified atom stereocenters. The van der Waals surface area contributed by atoms with E-state index in [4.69, 9.17) is 4.98 Å². The van der Waals surface area contributed by atoms with Crippen LogP contribution in [0.4, 0.5) is 4.39 Å². The number of carbonyl (C=O) groups excluding carboxylic acids is 1. The van der Waals surface area contributed by atoms with E-state index in [0.29, 0.717) is 39.8 Å². The maximum Gasteiger partial charge on any atom is 0.263 e. The molecule has 0 saturated heterocycles. The smallest absolute Gasteiger partial charge is 0.263 e. The van der Waals surface area contributed by atoms with Gasteiger partial charge in [0.05, 0.1) is 29.1 Å². The van der Waals surface area contributed by atoms with Crippen molar-refractivity contribution in [1.29, 1.82) is 0 Å². The molecule has 1 aliphatic rings. The first kappa shape index (κ1) is 26.2. The van der Waals surface area contributed by atoms with Crippen molar-refractivity contribution in [3.8, 4) is 11.6 Å². The maximum atomic E-state index is 15.3. The first-order valence-electron chi connectivity index (χ1n) is 13.0. The average Bonchev–Trinajstić information content (AvgIpc) is 3.45. The van der Waals surface area contributed by atoms with Gasteiger partial charge < -0.3 is 9.47 Å². The van der Waals surface area contributed by atoms with E-state index in [1.165, 1.54) is 10.6 Å². The Balaban J connectivity index is 1.53. The van der Waals surface area contributed by atoms with Crippen LogP contribution in [0.3, 0.4) is 0 Å². The summed E-state index contributed by atoms with van der Waals surface area (Å²) in [6.45, 7) is 7.79. The fraction of sp³-hybridized carbons (Fsp3) is 0.267. The monoisotopic (exact) mass is 602 g/mol. The highest BCUT2D eigenvalue weighted by atomic mass is 79.9. The number of amides is 1. The summed E-state index contributed by atoms with van der Waals surface area (Å²) in [5.74, 6) is -0.298. The molecule has 5 aromatic rings. The standard InChI is InChI=1S/C30H28BrFN6O2/c1-16-10-21(6-7-24(16)31)28(39)36-15-26-23(12-18(36)3)29(40)37(30(33-26)38-19(4)11-17(2)34-38)22-13-20-8-9-35(5)27(20)25(32)14-22/h6-11,13-14,18H,12,15H2,1-5H3. The van der Waals surface area contributed by atoms with E-state index in [-0.39, 0.29) is 30.0 Å². The Bertz CT molecular complexity index is 1900. The molecule has 0 radical (unpaired) electrons. The van der Waals surface area contributed by atoms with Crippen molar-refractivity contribution in [2.45, 2.75) is 46.7 Å². The molecular weight excluding hydrogens is 575 g/mol. The van der Waals surface area contributed by atoms with Gasteiger partial charge >= 0.3 is 0 Å². The molecule has 4 heterocycles. The number of fused-ring (bicyclic) bond motifs is 2. The minimum Gasteiger partial charge on any atom is -0.348 e. The van der Waals surface area contributed by atoms with Crippen molar-refractivity contribution < 1.29 is 9.18 Å². The van der Waals surface area contributed by atoms with Gasteiger partial charge in [0.1, 0.15) is 5.82 Å². The number of carbonyl (C=O) groups is 1.